The Hall–Kier alpha value is -0.120. The van der Waals surface area contributed by atoms with Crippen LogP contribution < -0.4 is 0 Å². The molecule has 3 nitrogen and oxygen atoms in total. The van der Waals surface area contributed by atoms with Gasteiger partial charge in [-0.1, -0.05) is 32.6 Å². The zero-order valence-electron chi connectivity index (χ0n) is 10.5. The molecule has 0 saturated carbocycles. The number of aliphatic hydroxyl groups excluding tert-OH is 1. The molecule has 0 aromatic carbocycles. The van der Waals surface area contributed by atoms with Crippen LogP contribution in [-0.4, -0.2) is 50.0 Å². The lowest BCUT2D eigenvalue weighted by Gasteiger charge is -2.15. The van der Waals surface area contributed by atoms with E-state index in [4.69, 9.17) is 4.74 Å². The van der Waals surface area contributed by atoms with E-state index in [1.165, 1.54) is 25.7 Å². The van der Waals surface area contributed by atoms with Gasteiger partial charge in [0, 0.05) is 13.2 Å². The SMILES string of the molecule is CCCCCCCOCC(O)CN(C)C. The van der Waals surface area contributed by atoms with Crippen LogP contribution in [0.4, 0.5) is 0 Å². The zero-order valence-corrected chi connectivity index (χ0v) is 10.5. The van der Waals surface area contributed by atoms with Crippen molar-refractivity contribution in [3.63, 3.8) is 0 Å². The molecule has 0 fully saturated rings. The van der Waals surface area contributed by atoms with Crippen LogP contribution >= 0.6 is 0 Å². The van der Waals surface area contributed by atoms with Crippen LogP contribution in [0, 0.1) is 0 Å². The van der Waals surface area contributed by atoms with Gasteiger partial charge in [0.1, 0.15) is 0 Å². The van der Waals surface area contributed by atoms with Crippen LogP contribution in [0.2, 0.25) is 0 Å². The average Bonchev–Trinajstić information content (AvgIpc) is 2.15. The van der Waals surface area contributed by atoms with Crippen molar-refractivity contribution in [1.82, 2.24) is 4.90 Å². The van der Waals surface area contributed by atoms with Gasteiger partial charge in [-0.2, -0.15) is 0 Å². The summed E-state index contributed by atoms with van der Waals surface area (Å²) in [6.45, 7) is 4.14. The Labute approximate surface area is 94.4 Å². The molecule has 0 aliphatic carbocycles. The average molecular weight is 217 g/mol. The van der Waals surface area contributed by atoms with E-state index in [0.717, 1.165) is 13.0 Å². The quantitative estimate of drug-likeness (QED) is 0.567. The Morgan fingerprint density at radius 1 is 1.13 bits per heavy atom. The van der Waals surface area contributed by atoms with Crippen LogP contribution in [0.15, 0.2) is 0 Å². The third kappa shape index (κ3) is 11.8. The molecule has 1 unspecified atom stereocenters. The molecule has 0 spiro atoms. The van der Waals surface area contributed by atoms with Crippen molar-refractivity contribution < 1.29 is 9.84 Å². The lowest BCUT2D eigenvalue weighted by Crippen LogP contribution is -2.29. The van der Waals surface area contributed by atoms with Crippen LogP contribution in [0.3, 0.4) is 0 Å². The highest BCUT2D eigenvalue weighted by Gasteiger charge is 2.04. The maximum atomic E-state index is 9.49. The molecular formula is C12H27NO2. The third-order valence-corrected chi connectivity index (χ3v) is 2.28. The van der Waals surface area contributed by atoms with E-state index in [0.29, 0.717) is 13.2 Å². The number of aliphatic hydroxyl groups is 1. The van der Waals surface area contributed by atoms with E-state index >= 15 is 0 Å². The highest BCUT2D eigenvalue weighted by Crippen LogP contribution is 2.02. The van der Waals surface area contributed by atoms with Gasteiger partial charge in [-0.25, -0.2) is 0 Å². The van der Waals surface area contributed by atoms with Crippen molar-refractivity contribution >= 4 is 0 Å². The maximum absolute atomic E-state index is 9.49. The number of hydrogen-bond donors (Lipinski definition) is 1. The first kappa shape index (κ1) is 14.9. The lowest BCUT2D eigenvalue weighted by atomic mass is 10.2. The van der Waals surface area contributed by atoms with Gasteiger partial charge in [0.15, 0.2) is 0 Å². The van der Waals surface area contributed by atoms with Gasteiger partial charge >= 0.3 is 0 Å². The minimum Gasteiger partial charge on any atom is -0.389 e. The Bertz CT molecular complexity index is 129. The Morgan fingerprint density at radius 3 is 2.40 bits per heavy atom. The van der Waals surface area contributed by atoms with Gasteiger partial charge in [-0.05, 0) is 20.5 Å². The maximum Gasteiger partial charge on any atom is 0.0899 e. The standard InChI is InChI=1S/C12H27NO2/c1-4-5-6-7-8-9-15-11-12(14)10-13(2)3/h12,14H,4-11H2,1-3H3. The van der Waals surface area contributed by atoms with E-state index in [-0.39, 0.29) is 6.10 Å². The molecule has 15 heavy (non-hydrogen) atoms. The molecule has 0 aromatic rings. The summed E-state index contributed by atoms with van der Waals surface area (Å²) in [5, 5.41) is 9.49. The van der Waals surface area contributed by atoms with Gasteiger partial charge in [0.05, 0.1) is 12.7 Å². The second-order valence-corrected chi connectivity index (χ2v) is 4.41. The van der Waals surface area contributed by atoms with E-state index in [2.05, 4.69) is 6.92 Å². The summed E-state index contributed by atoms with van der Waals surface area (Å²) in [5.74, 6) is 0. The molecule has 0 aliphatic rings. The molecule has 0 radical (unpaired) electrons. The number of likely N-dealkylation sites (N-methyl/N-ethyl adjacent to an activating group) is 1. The van der Waals surface area contributed by atoms with Gasteiger partial charge in [0.25, 0.3) is 0 Å². The topological polar surface area (TPSA) is 32.7 Å². The molecule has 0 rings (SSSR count). The number of nitrogens with zero attached hydrogens (tertiary/aromatic N) is 1. The second kappa shape index (κ2) is 10.4. The van der Waals surface area contributed by atoms with Gasteiger partial charge in [-0.3, -0.25) is 0 Å². The molecule has 0 saturated heterocycles. The van der Waals surface area contributed by atoms with Crippen molar-refractivity contribution in [2.24, 2.45) is 0 Å². The molecular weight excluding hydrogens is 190 g/mol. The predicted octanol–water partition coefficient (Wildman–Crippen LogP) is 1.90. The summed E-state index contributed by atoms with van der Waals surface area (Å²) in [4.78, 5) is 1.97. The van der Waals surface area contributed by atoms with Crippen molar-refractivity contribution in [3.05, 3.63) is 0 Å². The smallest absolute Gasteiger partial charge is 0.0899 e. The molecule has 1 N–H and O–H groups in total. The fourth-order valence-corrected chi connectivity index (χ4v) is 1.50. The van der Waals surface area contributed by atoms with Crippen molar-refractivity contribution in [2.75, 3.05) is 33.9 Å². The van der Waals surface area contributed by atoms with Crippen LogP contribution in [0.25, 0.3) is 0 Å². The predicted molar refractivity (Wildman–Crippen MR) is 64.1 cm³/mol. The minimum atomic E-state index is -0.351. The molecule has 0 aliphatic heterocycles. The first-order valence-electron chi connectivity index (χ1n) is 6.07. The Kier molecular flexibility index (Phi) is 10.3. The summed E-state index contributed by atoms with van der Waals surface area (Å²) in [5.41, 5.74) is 0. The normalized spacial score (nSPS) is 13.4. The highest BCUT2D eigenvalue weighted by atomic mass is 16.5. The van der Waals surface area contributed by atoms with Crippen LogP contribution in [-0.2, 0) is 4.74 Å². The molecule has 0 aromatic heterocycles. The van der Waals surface area contributed by atoms with E-state index < -0.39 is 0 Å². The zero-order chi connectivity index (χ0) is 11.5. The minimum absolute atomic E-state index is 0.351. The van der Waals surface area contributed by atoms with E-state index in [1.807, 2.05) is 19.0 Å². The summed E-state index contributed by atoms with van der Waals surface area (Å²) >= 11 is 0. The molecule has 0 bridgehead atoms. The molecule has 0 amide bonds. The lowest BCUT2D eigenvalue weighted by molar-refractivity contribution is 0.0229. The Balaban J connectivity index is 3.09. The molecule has 92 valence electrons. The highest BCUT2D eigenvalue weighted by molar-refractivity contribution is 4.56. The number of ether oxygens (including phenoxy) is 1. The third-order valence-electron chi connectivity index (χ3n) is 2.28. The van der Waals surface area contributed by atoms with E-state index in [9.17, 15) is 5.11 Å². The molecule has 0 heterocycles. The van der Waals surface area contributed by atoms with Crippen LogP contribution in [0.1, 0.15) is 39.0 Å². The number of unbranched alkanes of at least 4 members (excludes halogenated alkanes) is 4. The fraction of sp³-hybridized carbons (Fsp3) is 1.00. The summed E-state index contributed by atoms with van der Waals surface area (Å²) in [6, 6.07) is 0. The first-order chi connectivity index (χ1) is 7.16. The van der Waals surface area contributed by atoms with Crippen molar-refractivity contribution in [3.8, 4) is 0 Å². The molecule has 3 heteroatoms. The Morgan fingerprint density at radius 2 is 1.80 bits per heavy atom. The number of rotatable bonds is 10. The first-order valence-corrected chi connectivity index (χ1v) is 6.07. The summed E-state index contributed by atoms with van der Waals surface area (Å²) in [6.07, 6.45) is 5.92. The van der Waals surface area contributed by atoms with Crippen molar-refractivity contribution in [1.29, 1.82) is 0 Å². The van der Waals surface area contributed by atoms with Crippen LogP contribution in [0.5, 0.6) is 0 Å². The summed E-state index contributed by atoms with van der Waals surface area (Å²) < 4.78 is 5.40. The van der Waals surface area contributed by atoms with Gasteiger partial charge in [-0.15, -0.1) is 0 Å². The second-order valence-electron chi connectivity index (χ2n) is 4.41. The number of hydrogen-bond acceptors (Lipinski definition) is 3. The monoisotopic (exact) mass is 217 g/mol. The fourth-order valence-electron chi connectivity index (χ4n) is 1.50. The summed E-state index contributed by atoms with van der Waals surface area (Å²) in [7, 11) is 3.90. The van der Waals surface area contributed by atoms with Crippen molar-refractivity contribution in [2.45, 2.75) is 45.1 Å². The van der Waals surface area contributed by atoms with E-state index in [1.54, 1.807) is 0 Å². The van der Waals surface area contributed by atoms with Gasteiger partial charge in [0.2, 0.25) is 0 Å². The van der Waals surface area contributed by atoms with Gasteiger partial charge < -0.3 is 14.7 Å². The largest absolute Gasteiger partial charge is 0.389 e. The molecule has 1 atom stereocenters.